The number of aliphatic hydroxyl groups is 1. The Bertz CT molecular complexity index is 535. The molecule has 2 rings (SSSR count). The molecule has 7 heteroatoms. The lowest BCUT2D eigenvalue weighted by Crippen LogP contribution is -2.49. The highest BCUT2D eigenvalue weighted by Gasteiger charge is 2.33. The van der Waals surface area contributed by atoms with Gasteiger partial charge in [-0.1, -0.05) is 11.6 Å². The van der Waals surface area contributed by atoms with Crippen LogP contribution in [0, 0.1) is 0 Å². The van der Waals surface area contributed by atoms with Gasteiger partial charge in [0.1, 0.15) is 5.15 Å². The Morgan fingerprint density at radius 2 is 2.16 bits per heavy atom. The topological polar surface area (TPSA) is 75.4 Å². The van der Waals surface area contributed by atoms with Gasteiger partial charge in [-0.3, -0.25) is 14.2 Å². The molecule has 0 spiro atoms. The standard InChI is InChI=1S/C12H16ClN3O3/c1-9(17)15-4-2-12(19,3-5-15)7-16-8-14-10(13)6-11(16)18/h6,8,19H,2-5,7H2,1H3. The third-order valence-corrected chi connectivity index (χ3v) is 3.66. The van der Waals surface area contributed by atoms with Crippen molar-refractivity contribution < 1.29 is 9.90 Å². The van der Waals surface area contributed by atoms with Gasteiger partial charge >= 0.3 is 0 Å². The molecule has 19 heavy (non-hydrogen) atoms. The van der Waals surface area contributed by atoms with E-state index in [2.05, 4.69) is 4.98 Å². The molecule has 1 aliphatic rings. The molecule has 0 unspecified atom stereocenters. The minimum atomic E-state index is -0.981. The molecule has 1 N–H and O–H groups in total. The van der Waals surface area contributed by atoms with Crippen LogP contribution >= 0.6 is 11.6 Å². The Labute approximate surface area is 115 Å². The van der Waals surface area contributed by atoms with Gasteiger partial charge in [0, 0.05) is 26.1 Å². The molecule has 1 amide bonds. The minimum Gasteiger partial charge on any atom is -0.388 e. The molecule has 0 atom stereocenters. The monoisotopic (exact) mass is 285 g/mol. The van der Waals surface area contributed by atoms with E-state index in [1.807, 2.05) is 0 Å². The molecule has 2 heterocycles. The van der Waals surface area contributed by atoms with E-state index in [4.69, 9.17) is 11.6 Å². The number of hydrogen-bond donors (Lipinski definition) is 1. The minimum absolute atomic E-state index is 0.00683. The van der Waals surface area contributed by atoms with E-state index in [1.165, 1.54) is 23.9 Å². The lowest BCUT2D eigenvalue weighted by molar-refractivity contribution is -0.133. The number of halogens is 1. The Kier molecular flexibility index (Phi) is 3.91. The van der Waals surface area contributed by atoms with Crippen LogP contribution in [-0.2, 0) is 11.3 Å². The second kappa shape index (κ2) is 5.30. The van der Waals surface area contributed by atoms with Crippen LogP contribution in [0.1, 0.15) is 19.8 Å². The molecule has 1 fully saturated rings. The van der Waals surface area contributed by atoms with Gasteiger partial charge in [-0.05, 0) is 12.8 Å². The summed E-state index contributed by atoms with van der Waals surface area (Å²) in [6, 6.07) is 1.22. The van der Waals surface area contributed by atoms with Crippen molar-refractivity contribution >= 4 is 17.5 Å². The number of rotatable bonds is 2. The molecule has 0 radical (unpaired) electrons. The van der Waals surface area contributed by atoms with E-state index >= 15 is 0 Å². The van der Waals surface area contributed by atoms with Crippen LogP contribution < -0.4 is 5.56 Å². The molecule has 1 aromatic heterocycles. The Morgan fingerprint density at radius 3 is 2.68 bits per heavy atom. The number of hydrogen-bond acceptors (Lipinski definition) is 4. The molecule has 0 saturated carbocycles. The first kappa shape index (κ1) is 14.0. The number of carbonyl (C=O) groups is 1. The maximum Gasteiger partial charge on any atom is 0.254 e. The first-order valence-electron chi connectivity index (χ1n) is 6.09. The van der Waals surface area contributed by atoms with E-state index in [9.17, 15) is 14.7 Å². The summed E-state index contributed by atoms with van der Waals surface area (Å²) in [5.74, 6) is 0.00683. The van der Waals surface area contributed by atoms with Gasteiger partial charge < -0.3 is 10.0 Å². The van der Waals surface area contributed by atoms with Crippen molar-refractivity contribution in [2.24, 2.45) is 0 Å². The summed E-state index contributed by atoms with van der Waals surface area (Å²) in [4.78, 5) is 28.4. The molecule has 1 aromatic rings. The molecule has 0 aliphatic carbocycles. The summed E-state index contributed by atoms with van der Waals surface area (Å²) < 4.78 is 1.34. The maximum atomic E-state index is 11.7. The summed E-state index contributed by atoms with van der Waals surface area (Å²) >= 11 is 5.62. The number of carbonyl (C=O) groups excluding carboxylic acids is 1. The fourth-order valence-electron chi connectivity index (χ4n) is 2.24. The molecular formula is C12H16ClN3O3. The van der Waals surface area contributed by atoms with Gasteiger partial charge in [-0.25, -0.2) is 4.98 Å². The van der Waals surface area contributed by atoms with E-state index in [1.54, 1.807) is 4.90 Å². The number of nitrogens with zero attached hydrogens (tertiary/aromatic N) is 3. The van der Waals surface area contributed by atoms with Gasteiger partial charge in [0.05, 0.1) is 18.5 Å². The first-order chi connectivity index (χ1) is 8.89. The quantitative estimate of drug-likeness (QED) is 0.792. The lowest BCUT2D eigenvalue weighted by Gasteiger charge is -2.37. The number of likely N-dealkylation sites (tertiary alicyclic amines) is 1. The fourth-order valence-corrected chi connectivity index (χ4v) is 2.37. The second-order valence-corrected chi connectivity index (χ2v) is 5.30. The van der Waals surface area contributed by atoms with Crippen molar-refractivity contribution in [2.45, 2.75) is 31.9 Å². The van der Waals surface area contributed by atoms with Crippen LogP contribution in [0.4, 0.5) is 0 Å². The predicted octanol–water partition coefficient (Wildman–Crippen LogP) is 0.270. The average Bonchev–Trinajstić information content (AvgIpc) is 2.33. The third kappa shape index (κ3) is 3.33. The molecule has 0 bridgehead atoms. The zero-order chi connectivity index (χ0) is 14.0. The molecule has 1 aliphatic heterocycles. The highest BCUT2D eigenvalue weighted by molar-refractivity contribution is 6.29. The Balaban J connectivity index is 2.07. The van der Waals surface area contributed by atoms with Crippen molar-refractivity contribution in [1.29, 1.82) is 0 Å². The van der Waals surface area contributed by atoms with E-state index in [0.717, 1.165) is 0 Å². The van der Waals surface area contributed by atoms with Gasteiger partial charge in [-0.15, -0.1) is 0 Å². The SMILES string of the molecule is CC(=O)N1CCC(O)(Cn2cnc(Cl)cc2=O)CC1. The Morgan fingerprint density at radius 1 is 1.53 bits per heavy atom. The summed E-state index contributed by atoms with van der Waals surface area (Å²) in [6.07, 6.45) is 2.23. The van der Waals surface area contributed by atoms with Crippen LogP contribution in [0.3, 0.4) is 0 Å². The largest absolute Gasteiger partial charge is 0.388 e. The zero-order valence-corrected chi connectivity index (χ0v) is 11.4. The van der Waals surface area contributed by atoms with Crippen LogP contribution in [0.15, 0.2) is 17.2 Å². The van der Waals surface area contributed by atoms with Crippen LogP contribution in [-0.4, -0.2) is 44.2 Å². The van der Waals surface area contributed by atoms with E-state index in [-0.39, 0.29) is 23.2 Å². The summed E-state index contributed by atoms with van der Waals surface area (Å²) in [6.45, 7) is 2.68. The smallest absolute Gasteiger partial charge is 0.254 e. The zero-order valence-electron chi connectivity index (χ0n) is 10.7. The molecule has 6 nitrogen and oxygen atoms in total. The van der Waals surface area contributed by atoms with Gasteiger partial charge in [0.15, 0.2) is 0 Å². The molecule has 104 valence electrons. The van der Waals surface area contributed by atoms with Gasteiger partial charge in [0.2, 0.25) is 5.91 Å². The van der Waals surface area contributed by atoms with Crippen molar-refractivity contribution in [3.63, 3.8) is 0 Å². The molecule has 0 aromatic carbocycles. The highest BCUT2D eigenvalue weighted by Crippen LogP contribution is 2.23. The third-order valence-electron chi connectivity index (χ3n) is 3.45. The van der Waals surface area contributed by atoms with Crippen LogP contribution in [0.25, 0.3) is 0 Å². The predicted molar refractivity (Wildman–Crippen MR) is 69.9 cm³/mol. The number of piperidine rings is 1. The van der Waals surface area contributed by atoms with Crippen molar-refractivity contribution in [3.8, 4) is 0 Å². The van der Waals surface area contributed by atoms with Crippen LogP contribution in [0.2, 0.25) is 5.15 Å². The Hall–Kier alpha value is -1.40. The van der Waals surface area contributed by atoms with E-state index < -0.39 is 5.60 Å². The van der Waals surface area contributed by atoms with Crippen molar-refractivity contribution in [2.75, 3.05) is 13.1 Å². The summed E-state index contributed by atoms with van der Waals surface area (Å²) in [7, 11) is 0. The molecule has 1 saturated heterocycles. The highest BCUT2D eigenvalue weighted by atomic mass is 35.5. The fraction of sp³-hybridized carbons (Fsp3) is 0.583. The normalized spacial score (nSPS) is 18.4. The van der Waals surface area contributed by atoms with Crippen molar-refractivity contribution in [3.05, 3.63) is 27.9 Å². The average molecular weight is 286 g/mol. The molecular weight excluding hydrogens is 270 g/mol. The first-order valence-corrected chi connectivity index (χ1v) is 6.47. The number of amides is 1. The van der Waals surface area contributed by atoms with Crippen LogP contribution in [0.5, 0.6) is 0 Å². The lowest BCUT2D eigenvalue weighted by atomic mass is 9.91. The number of aromatic nitrogens is 2. The summed E-state index contributed by atoms with van der Waals surface area (Å²) in [5, 5.41) is 10.6. The second-order valence-electron chi connectivity index (χ2n) is 4.91. The summed E-state index contributed by atoms with van der Waals surface area (Å²) in [5.41, 5.74) is -1.27. The van der Waals surface area contributed by atoms with Gasteiger partial charge in [-0.2, -0.15) is 0 Å². The maximum absolute atomic E-state index is 11.7. The van der Waals surface area contributed by atoms with Gasteiger partial charge in [0.25, 0.3) is 5.56 Å². The van der Waals surface area contributed by atoms with E-state index in [0.29, 0.717) is 25.9 Å². The van der Waals surface area contributed by atoms with Crippen molar-refractivity contribution in [1.82, 2.24) is 14.5 Å².